The van der Waals surface area contributed by atoms with Crippen LogP contribution in [0.25, 0.3) is 0 Å². The molecule has 104 valence electrons. The molecule has 0 saturated carbocycles. The van der Waals surface area contributed by atoms with Gasteiger partial charge in [0.2, 0.25) is 0 Å². The molecule has 0 atom stereocenters. The largest absolute Gasteiger partial charge is 0.384 e. The number of aryl methyl sites for hydroxylation is 1. The average Bonchev–Trinajstić information content (AvgIpc) is 2.46. The zero-order chi connectivity index (χ0) is 14.4. The molecule has 0 saturated heterocycles. The Balaban J connectivity index is 1.94. The molecular formula is C16H19N3O. The summed E-state index contributed by atoms with van der Waals surface area (Å²) in [7, 11) is 0. The highest BCUT2D eigenvalue weighted by Crippen LogP contribution is 2.07. The van der Waals surface area contributed by atoms with Crippen LogP contribution in [0.1, 0.15) is 28.5 Å². The van der Waals surface area contributed by atoms with Crippen molar-refractivity contribution < 1.29 is 4.79 Å². The first-order valence-corrected chi connectivity index (χ1v) is 6.72. The van der Waals surface area contributed by atoms with Crippen LogP contribution in [-0.4, -0.2) is 17.4 Å². The van der Waals surface area contributed by atoms with Crippen molar-refractivity contribution in [3.8, 4) is 0 Å². The smallest absolute Gasteiger partial charge is 0.270 e. The summed E-state index contributed by atoms with van der Waals surface area (Å²) in [6, 6.07) is 11.7. The summed E-state index contributed by atoms with van der Waals surface area (Å²) in [6.45, 7) is 5.40. The lowest BCUT2D eigenvalue weighted by Gasteiger charge is -2.07. The number of carbonyl (C=O) groups excluding carboxylic acids is 1. The number of hydrogen-bond acceptors (Lipinski definition) is 3. The van der Waals surface area contributed by atoms with E-state index in [0.29, 0.717) is 12.2 Å². The second-order valence-corrected chi connectivity index (χ2v) is 4.63. The van der Waals surface area contributed by atoms with Gasteiger partial charge < -0.3 is 10.6 Å². The molecule has 2 N–H and O–H groups in total. The molecule has 4 heteroatoms. The van der Waals surface area contributed by atoms with Crippen LogP contribution >= 0.6 is 0 Å². The Kier molecular flexibility index (Phi) is 4.71. The van der Waals surface area contributed by atoms with E-state index in [0.717, 1.165) is 17.8 Å². The van der Waals surface area contributed by atoms with Crippen LogP contribution in [0, 0.1) is 6.92 Å². The lowest BCUT2D eigenvalue weighted by molar-refractivity contribution is 0.0946. The van der Waals surface area contributed by atoms with Crippen molar-refractivity contribution in [2.75, 3.05) is 11.9 Å². The number of rotatable bonds is 5. The van der Waals surface area contributed by atoms with Crippen molar-refractivity contribution in [3.05, 3.63) is 59.4 Å². The molecule has 0 aliphatic carbocycles. The maximum Gasteiger partial charge on any atom is 0.270 e. The first-order chi connectivity index (χ1) is 9.69. The highest BCUT2D eigenvalue weighted by atomic mass is 16.1. The van der Waals surface area contributed by atoms with Crippen LogP contribution in [0.3, 0.4) is 0 Å². The maximum absolute atomic E-state index is 12.0. The second-order valence-electron chi connectivity index (χ2n) is 4.63. The average molecular weight is 269 g/mol. The topological polar surface area (TPSA) is 54.0 Å². The van der Waals surface area contributed by atoms with Crippen LogP contribution in [0.4, 0.5) is 5.69 Å². The van der Waals surface area contributed by atoms with E-state index in [-0.39, 0.29) is 5.91 Å². The minimum absolute atomic E-state index is 0.158. The molecule has 1 aromatic carbocycles. The lowest BCUT2D eigenvalue weighted by Crippen LogP contribution is -2.23. The molecule has 4 nitrogen and oxygen atoms in total. The lowest BCUT2D eigenvalue weighted by atomic mass is 10.1. The molecule has 1 aromatic heterocycles. The molecule has 1 amide bonds. The van der Waals surface area contributed by atoms with Gasteiger partial charge in [-0.05, 0) is 31.5 Å². The van der Waals surface area contributed by atoms with Gasteiger partial charge in [-0.25, -0.2) is 4.98 Å². The van der Waals surface area contributed by atoms with E-state index in [1.54, 1.807) is 12.3 Å². The number of pyridine rings is 1. The fraction of sp³-hybridized carbons (Fsp3) is 0.250. The monoisotopic (exact) mass is 269 g/mol. The summed E-state index contributed by atoms with van der Waals surface area (Å²) in [5.41, 5.74) is 3.62. The number of hydrogen-bond donors (Lipinski definition) is 2. The van der Waals surface area contributed by atoms with Crippen molar-refractivity contribution >= 4 is 11.6 Å². The first kappa shape index (κ1) is 14.1. The van der Waals surface area contributed by atoms with Gasteiger partial charge >= 0.3 is 0 Å². The fourth-order valence-electron chi connectivity index (χ4n) is 1.93. The van der Waals surface area contributed by atoms with Gasteiger partial charge in [-0.1, -0.05) is 29.8 Å². The molecule has 0 fully saturated rings. The van der Waals surface area contributed by atoms with Gasteiger partial charge in [0.15, 0.2) is 0 Å². The molecule has 0 radical (unpaired) electrons. The SMILES string of the molecule is CCNc1ccc(C(=O)NCc2cccc(C)c2)nc1. The minimum atomic E-state index is -0.158. The number of nitrogens with one attached hydrogen (secondary N) is 2. The minimum Gasteiger partial charge on any atom is -0.384 e. The zero-order valence-electron chi connectivity index (χ0n) is 11.8. The van der Waals surface area contributed by atoms with Crippen LogP contribution in [0.5, 0.6) is 0 Å². The van der Waals surface area contributed by atoms with Gasteiger partial charge in [0.25, 0.3) is 5.91 Å². The van der Waals surface area contributed by atoms with E-state index in [1.807, 2.05) is 38.1 Å². The third-order valence-corrected chi connectivity index (χ3v) is 2.91. The Labute approximate surface area is 119 Å². The first-order valence-electron chi connectivity index (χ1n) is 6.72. The summed E-state index contributed by atoms with van der Waals surface area (Å²) in [5, 5.41) is 6.02. The van der Waals surface area contributed by atoms with Gasteiger partial charge in [-0.2, -0.15) is 0 Å². The zero-order valence-corrected chi connectivity index (χ0v) is 11.8. The molecule has 0 spiro atoms. The van der Waals surface area contributed by atoms with Crippen molar-refractivity contribution in [2.45, 2.75) is 20.4 Å². The highest BCUT2D eigenvalue weighted by Gasteiger charge is 2.06. The van der Waals surface area contributed by atoms with Crippen LogP contribution in [-0.2, 0) is 6.54 Å². The molecular weight excluding hydrogens is 250 g/mol. The van der Waals surface area contributed by atoms with Crippen molar-refractivity contribution in [3.63, 3.8) is 0 Å². The second kappa shape index (κ2) is 6.70. The molecule has 2 aromatic rings. The van der Waals surface area contributed by atoms with E-state index in [2.05, 4.69) is 21.7 Å². The molecule has 2 rings (SSSR count). The molecule has 20 heavy (non-hydrogen) atoms. The molecule has 0 unspecified atom stereocenters. The Bertz CT molecular complexity index is 579. The number of anilines is 1. The summed E-state index contributed by atoms with van der Waals surface area (Å²) in [4.78, 5) is 16.1. The highest BCUT2D eigenvalue weighted by molar-refractivity contribution is 5.92. The molecule has 0 bridgehead atoms. The Morgan fingerprint density at radius 3 is 2.75 bits per heavy atom. The Morgan fingerprint density at radius 2 is 2.10 bits per heavy atom. The summed E-state index contributed by atoms with van der Waals surface area (Å²) >= 11 is 0. The predicted octanol–water partition coefficient (Wildman–Crippen LogP) is 2.75. The van der Waals surface area contributed by atoms with E-state index < -0.39 is 0 Å². The van der Waals surface area contributed by atoms with Crippen LogP contribution in [0.15, 0.2) is 42.6 Å². The normalized spacial score (nSPS) is 10.1. The molecule has 0 aliphatic heterocycles. The van der Waals surface area contributed by atoms with Crippen molar-refractivity contribution in [2.24, 2.45) is 0 Å². The quantitative estimate of drug-likeness (QED) is 0.877. The molecule has 1 heterocycles. The number of benzene rings is 1. The van der Waals surface area contributed by atoms with Gasteiger partial charge in [-0.3, -0.25) is 4.79 Å². The Hall–Kier alpha value is -2.36. The number of nitrogens with zero attached hydrogens (tertiary/aromatic N) is 1. The van der Waals surface area contributed by atoms with E-state index in [4.69, 9.17) is 0 Å². The van der Waals surface area contributed by atoms with Crippen molar-refractivity contribution in [1.82, 2.24) is 10.3 Å². The van der Waals surface area contributed by atoms with Gasteiger partial charge in [-0.15, -0.1) is 0 Å². The van der Waals surface area contributed by atoms with Gasteiger partial charge in [0, 0.05) is 13.1 Å². The van der Waals surface area contributed by atoms with Crippen LogP contribution in [0.2, 0.25) is 0 Å². The summed E-state index contributed by atoms with van der Waals surface area (Å²) in [5.74, 6) is -0.158. The van der Waals surface area contributed by atoms with Gasteiger partial charge in [0.1, 0.15) is 5.69 Å². The third-order valence-electron chi connectivity index (χ3n) is 2.91. The standard InChI is InChI=1S/C16H19N3O/c1-3-17-14-7-8-15(18-11-14)16(20)19-10-13-6-4-5-12(2)9-13/h4-9,11,17H,3,10H2,1-2H3,(H,19,20). The van der Waals surface area contributed by atoms with E-state index in [1.165, 1.54) is 5.56 Å². The summed E-state index contributed by atoms with van der Waals surface area (Å²) in [6.07, 6.45) is 1.67. The third kappa shape index (κ3) is 3.82. The number of aromatic nitrogens is 1. The maximum atomic E-state index is 12.0. The molecule has 0 aliphatic rings. The van der Waals surface area contributed by atoms with E-state index >= 15 is 0 Å². The van der Waals surface area contributed by atoms with E-state index in [9.17, 15) is 4.79 Å². The Morgan fingerprint density at radius 1 is 1.25 bits per heavy atom. The van der Waals surface area contributed by atoms with Gasteiger partial charge in [0.05, 0.1) is 11.9 Å². The van der Waals surface area contributed by atoms with Crippen LogP contribution < -0.4 is 10.6 Å². The predicted molar refractivity (Wildman–Crippen MR) is 80.7 cm³/mol. The number of carbonyl (C=O) groups is 1. The summed E-state index contributed by atoms with van der Waals surface area (Å²) < 4.78 is 0. The number of amides is 1. The van der Waals surface area contributed by atoms with Crippen molar-refractivity contribution in [1.29, 1.82) is 0 Å². The fourth-order valence-corrected chi connectivity index (χ4v) is 1.93.